The second-order valence-corrected chi connectivity index (χ2v) is 9.45. The lowest BCUT2D eigenvalue weighted by Gasteiger charge is -2.27. The third-order valence-corrected chi connectivity index (χ3v) is 6.93. The molecule has 6 nitrogen and oxygen atoms in total. The first-order valence-corrected chi connectivity index (χ1v) is 12.7. The van der Waals surface area contributed by atoms with Gasteiger partial charge in [-0.2, -0.15) is 10.1 Å². The summed E-state index contributed by atoms with van der Waals surface area (Å²) in [6.45, 7) is 4.72. The smallest absolute Gasteiger partial charge is 0.286 e. The van der Waals surface area contributed by atoms with Crippen LogP contribution in [-0.2, 0) is 4.79 Å². The van der Waals surface area contributed by atoms with E-state index >= 15 is 0 Å². The van der Waals surface area contributed by atoms with Gasteiger partial charge >= 0.3 is 0 Å². The SMILES string of the molecule is CCCOc1ccc(-c2nn(-c3ccccc3)cc2C=C2SC(N3CCCCC3)=NC2=O)cc1. The number of carbonyl (C=O) groups excluding carboxylic acids is 1. The van der Waals surface area contributed by atoms with Gasteiger partial charge in [-0.15, -0.1) is 0 Å². The van der Waals surface area contributed by atoms with Crippen molar-refractivity contribution in [1.29, 1.82) is 0 Å². The van der Waals surface area contributed by atoms with Gasteiger partial charge in [-0.05, 0) is 79.9 Å². The molecule has 0 atom stereocenters. The van der Waals surface area contributed by atoms with Crippen molar-refractivity contribution in [2.75, 3.05) is 19.7 Å². The highest BCUT2D eigenvalue weighted by Crippen LogP contribution is 2.34. The molecule has 3 heterocycles. The van der Waals surface area contributed by atoms with E-state index in [4.69, 9.17) is 9.84 Å². The molecule has 7 heteroatoms. The first-order valence-electron chi connectivity index (χ1n) is 11.9. The second kappa shape index (κ2) is 10.3. The monoisotopic (exact) mass is 472 g/mol. The number of aromatic nitrogens is 2. The maximum Gasteiger partial charge on any atom is 0.286 e. The fourth-order valence-corrected chi connectivity index (χ4v) is 5.07. The second-order valence-electron chi connectivity index (χ2n) is 8.44. The lowest BCUT2D eigenvalue weighted by Crippen LogP contribution is -2.33. The molecule has 0 aliphatic carbocycles. The zero-order valence-electron chi connectivity index (χ0n) is 19.3. The van der Waals surface area contributed by atoms with Crippen molar-refractivity contribution in [2.45, 2.75) is 32.6 Å². The molecule has 174 valence electrons. The Kier molecular flexibility index (Phi) is 6.81. The molecule has 0 unspecified atom stereocenters. The molecule has 1 amide bonds. The van der Waals surface area contributed by atoms with Gasteiger partial charge in [-0.3, -0.25) is 4.79 Å². The molecule has 1 saturated heterocycles. The summed E-state index contributed by atoms with van der Waals surface area (Å²) in [4.78, 5) is 20.0. The molecule has 0 radical (unpaired) electrons. The highest BCUT2D eigenvalue weighted by Gasteiger charge is 2.27. The van der Waals surface area contributed by atoms with Crippen LogP contribution in [-0.4, -0.2) is 45.5 Å². The number of amidine groups is 1. The highest BCUT2D eigenvalue weighted by atomic mass is 32.2. The summed E-state index contributed by atoms with van der Waals surface area (Å²) in [6, 6.07) is 18.0. The number of piperidine rings is 1. The molecule has 5 rings (SSSR count). The standard InChI is InChI=1S/C27H28N4O2S/c1-2-17-33-23-13-11-20(12-14-23)25-21(19-31(29-25)22-9-5-3-6-10-22)18-24-26(32)28-27(34-24)30-15-7-4-8-16-30/h3,5-6,9-14,18-19H,2,4,7-8,15-17H2,1H3. The van der Waals surface area contributed by atoms with Gasteiger partial charge in [0.15, 0.2) is 5.17 Å². The van der Waals surface area contributed by atoms with Gasteiger partial charge in [-0.1, -0.05) is 25.1 Å². The minimum Gasteiger partial charge on any atom is -0.494 e. The van der Waals surface area contributed by atoms with E-state index in [-0.39, 0.29) is 5.91 Å². The topological polar surface area (TPSA) is 59.7 Å². The summed E-state index contributed by atoms with van der Waals surface area (Å²) in [7, 11) is 0. The zero-order chi connectivity index (χ0) is 23.3. The molecule has 1 aromatic heterocycles. The lowest BCUT2D eigenvalue weighted by atomic mass is 10.1. The third kappa shape index (κ3) is 4.94. The van der Waals surface area contributed by atoms with Crippen molar-refractivity contribution in [3.8, 4) is 22.7 Å². The number of rotatable bonds is 6. The van der Waals surface area contributed by atoms with Crippen LogP contribution in [0.5, 0.6) is 5.75 Å². The maximum atomic E-state index is 12.8. The minimum atomic E-state index is -0.174. The Balaban J connectivity index is 1.47. The minimum absolute atomic E-state index is 0.174. The molecular formula is C27H28N4O2S. The maximum absolute atomic E-state index is 12.8. The Morgan fingerprint density at radius 2 is 1.79 bits per heavy atom. The Labute approximate surface area is 204 Å². The van der Waals surface area contributed by atoms with Crippen LogP contribution in [0.1, 0.15) is 38.2 Å². The fourth-order valence-electron chi connectivity index (χ4n) is 4.12. The molecule has 0 saturated carbocycles. The van der Waals surface area contributed by atoms with E-state index in [0.717, 1.165) is 65.8 Å². The van der Waals surface area contributed by atoms with Gasteiger partial charge < -0.3 is 9.64 Å². The Morgan fingerprint density at radius 1 is 1.03 bits per heavy atom. The number of carbonyl (C=O) groups is 1. The van der Waals surface area contributed by atoms with E-state index in [0.29, 0.717) is 11.5 Å². The number of hydrogen-bond donors (Lipinski definition) is 0. The first-order chi connectivity index (χ1) is 16.7. The van der Waals surface area contributed by atoms with Gasteiger partial charge in [0.25, 0.3) is 5.91 Å². The number of hydrogen-bond acceptors (Lipinski definition) is 5. The normalized spacial score (nSPS) is 17.3. The van der Waals surface area contributed by atoms with Crippen molar-refractivity contribution >= 4 is 28.9 Å². The molecular weight excluding hydrogens is 444 g/mol. The summed E-state index contributed by atoms with van der Waals surface area (Å²) < 4.78 is 7.60. The van der Waals surface area contributed by atoms with E-state index in [9.17, 15) is 4.79 Å². The van der Waals surface area contributed by atoms with Crippen molar-refractivity contribution in [3.05, 3.63) is 71.3 Å². The summed E-state index contributed by atoms with van der Waals surface area (Å²) in [6.07, 6.45) is 8.42. The average molecular weight is 473 g/mol. The van der Waals surface area contributed by atoms with E-state index < -0.39 is 0 Å². The van der Waals surface area contributed by atoms with Crippen LogP contribution in [0.2, 0.25) is 0 Å². The highest BCUT2D eigenvalue weighted by molar-refractivity contribution is 8.18. The van der Waals surface area contributed by atoms with E-state index in [1.165, 1.54) is 18.2 Å². The molecule has 2 aliphatic rings. The van der Waals surface area contributed by atoms with E-state index in [1.54, 1.807) is 0 Å². The summed E-state index contributed by atoms with van der Waals surface area (Å²) in [5.74, 6) is 0.668. The largest absolute Gasteiger partial charge is 0.494 e. The molecule has 0 bridgehead atoms. The van der Waals surface area contributed by atoms with Crippen molar-refractivity contribution in [3.63, 3.8) is 0 Å². The van der Waals surface area contributed by atoms with Gasteiger partial charge in [0.1, 0.15) is 5.75 Å². The number of likely N-dealkylation sites (tertiary alicyclic amines) is 1. The van der Waals surface area contributed by atoms with Gasteiger partial charge in [0.2, 0.25) is 0 Å². The summed E-state index contributed by atoms with van der Waals surface area (Å²) >= 11 is 1.47. The first kappa shape index (κ1) is 22.5. The number of ether oxygens (including phenoxy) is 1. The average Bonchev–Trinajstić information content (AvgIpc) is 3.48. The molecule has 3 aromatic rings. The van der Waals surface area contributed by atoms with Gasteiger partial charge in [0, 0.05) is 30.4 Å². The van der Waals surface area contributed by atoms with Crippen molar-refractivity contribution in [2.24, 2.45) is 4.99 Å². The Morgan fingerprint density at radius 3 is 2.53 bits per heavy atom. The van der Waals surface area contributed by atoms with E-state index in [2.05, 4.69) is 16.8 Å². The zero-order valence-corrected chi connectivity index (χ0v) is 20.1. The third-order valence-electron chi connectivity index (χ3n) is 5.89. The van der Waals surface area contributed by atoms with Crippen LogP contribution in [0.3, 0.4) is 0 Å². The molecule has 2 aliphatic heterocycles. The Bertz CT molecular complexity index is 1210. The summed E-state index contributed by atoms with van der Waals surface area (Å²) in [5, 5.41) is 5.71. The number of nitrogens with zero attached hydrogens (tertiary/aromatic N) is 4. The van der Waals surface area contributed by atoms with Gasteiger partial charge in [0.05, 0.1) is 22.9 Å². The number of thioether (sulfide) groups is 1. The van der Waals surface area contributed by atoms with Crippen LogP contribution in [0.15, 0.2) is 70.7 Å². The van der Waals surface area contributed by atoms with Crippen molar-refractivity contribution < 1.29 is 9.53 Å². The van der Waals surface area contributed by atoms with Crippen LogP contribution in [0, 0.1) is 0 Å². The molecule has 2 aromatic carbocycles. The lowest BCUT2D eigenvalue weighted by molar-refractivity contribution is -0.113. The number of aliphatic imine (C=N–C) groups is 1. The van der Waals surface area contributed by atoms with Gasteiger partial charge in [-0.25, -0.2) is 4.68 Å². The Hall–Kier alpha value is -3.32. The van der Waals surface area contributed by atoms with Crippen LogP contribution in [0.25, 0.3) is 23.0 Å². The molecule has 34 heavy (non-hydrogen) atoms. The number of amides is 1. The molecule has 0 N–H and O–H groups in total. The number of benzene rings is 2. The quantitative estimate of drug-likeness (QED) is 0.425. The van der Waals surface area contributed by atoms with Crippen LogP contribution < -0.4 is 4.74 Å². The predicted molar refractivity (Wildman–Crippen MR) is 138 cm³/mol. The molecule has 1 fully saturated rings. The number of para-hydroxylation sites is 1. The fraction of sp³-hybridized carbons (Fsp3) is 0.296. The molecule has 0 spiro atoms. The van der Waals surface area contributed by atoms with Crippen LogP contribution in [0.4, 0.5) is 0 Å². The van der Waals surface area contributed by atoms with E-state index in [1.807, 2.05) is 71.6 Å². The van der Waals surface area contributed by atoms with Crippen LogP contribution >= 0.6 is 11.8 Å². The predicted octanol–water partition coefficient (Wildman–Crippen LogP) is 5.78. The van der Waals surface area contributed by atoms with Crippen molar-refractivity contribution in [1.82, 2.24) is 14.7 Å². The summed E-state index contributed by atoms with van der Waals surface area (Å²) in [5.41, 5.74) is 3.64.